The molecule has 0 amide bonds. The van der Waals surface area contributed by atoms with Crippen LogP contribution in [0.5, 0.6) is 0 Å². The van der Waals surface area contributed by atoms with E-state index in [0.29, 0.717) is 16.9 Å². The van der Waals surface area contributed by atoms with Crippen LogP contribution in [0.2, 0.25) is 0 Å². The molecule has 0 aliphatic carbocycles. The molecule has 132 valence electrons. The molecule has 0 aliphatic rings. The first-order chi connectivity index (χ1) is 12.5. The fourth-order valence-electron chi connectivity index (χ4n) is 3.21. The third-order valence-corrected chi connectivity index (χ3v) is 5.61. The highest BCUT2D eigenvalue weighted by molar-refractivity contribution is 7.21. The van der Waals surface area contributed by atoms with E-state index in [9.17, 15) is 9.59 Å². The average Bonchev–Trinajstić information content (AvgIpc) is 3.17. The smallest absolute Gasteiger partial charge is 0.348 e. The molecule has 4 rings (SSSR count). The van der Waals surface area contributed by atoms with Crippen molar-refractivity contribution < 1.29 is 9.53 Å². The lowest BCUT2D eigenvalue weighted by Gasteiger charge is -2.06. The summed E-state index contributed by atoms with van der Waals surface area (Å²) in [7, 11) is 3.19. The number of nitrogens with zero attached hydrogens (tertiary/aromatic N) is 3. The minimum Gasteiger partial charge on any atom is -0.465 e. The van der Waals surface area contributed by atoms with Crippen molar-refractivity contribution in [2.45, 2.75) is 13.5 Å². The van der Waals surface area contributed by atoms with Crippen molar-refractivity contribution >= 4 is 38.4 Å². The molecule has 7 heteroatoms. The summed E-state index contributed by atoms with van der Waals surface area (Å²) < 4.78 is 8.96. The van der Waals surface area contributed by atoms with Gasteiger partial charge in [0.05, 0.1) is 30.1 Å². The number of ether oxygens (including phenoxy) is 1. The molecule has 0 saturated carbocycles. The van der Waals surface area contributed by atoms with E-state index in [-0.39, 0.29) is 11.5 Å². The molecule has 0 saturated heterocycles. The molecule has 0 atom stereocenters. The molecule has 0 N–H and O–H groups in total. The number of thiophene rings is 1. The number of aryl methyl sites for hydroxylation is 2. The number of fused-ring (bicyclic) bond motifs is 3. The summed E-state index contributed by atoms with van der Waals surface area (Å²) in [4.78, 5) is 25.3. The summed E-state index contributed by atoms with van der Waals surface area (Å²) in [6, 6.07) is 9.78. The maximum absolute atomic E-state index is 13.0. The van der Waals surface area contributed by atoms with Gasteiger partial charge in [-0.2, -0.15) is 5.10 Å². The Morgan fingerprint density at radius 3 is 2.85 bits per heavy atom. The van der Waals surface area contributed by atoms with E-state index in [1.807, 2.05) is 42.8 Å². The lowest BCUT2D eigenvalue weighted by atomic mass is 10.1. The summed E-state index contributed by atoms with van der Waals surface area (Å²) >= 11 is 1.32. The fourth-order valence-corrected chi connectivity index (χ4v) is 4.33. The van der Waals surface area contributed by atoms with Crippen molar-refractivity contribution in [3.05, 3.63) is 62.9 Å². The van der Waals surface area contributed by atoms with E-state index in [2.05, 4.69) is 5.10 Å². The normalized spacial score (nSPS) is 11.3. The molecule has 1 aromatic carbocycles. The largest absolute Gasteiger partial charge is 0.465 e. The number of benzene rings is 1. The van der Waals surface area contributed by atoms with Crippen LogP contribution in [0.4, 0.5) is 0 Å². The number of rotatable bonds is 3. The zero-order valence-electron chi connectivity index (χ0n) is 14.6. The highest BCUT2D eigenvalue weighted by Crippen LogP contribution is 2.33. The monoisotopic (exact) mass is 367 g/mol. The number of carbonyl (C=O) groups is 1. The maximum atomic E-state index is 13.0. The second-order valence-corrected chi connectivity index (χ2v) is 7.29. The Hall–Kier alpha value is -2.93. The van der Waals surface area contributed by atoms with Gasteiger partial charge in [-0.05, 0) is 18.6 Å². The average molecular weight is 367 g/mol. The number of aromatic nitrogens is 3. The Morgan fingerprint density at radius 2 is 2.12 bits per heavy atom. The molecule has 0 fully saturated rings. The van der Waals surface area contributed by atoms with Crippen LogP contribution in [0.3, 0.4) is 0 Å². The number of hydrogen-bond acceptors (Lipinski definition) is 5. The third kappa shape index (κ3) is 2.52. The van der Waals surface area contributed by atoms with Gasteiger partial charge >= 0.3 is 5.97 Å². The van der Waals surface area contributed by atoms with E-state index in [4.69, 9.17) is 4.74 Å². The van der Waals surface area contributed by atoms with E-state index < -0.39 is 0 Å². The predicted molar refractivity (Wildman–Crippen MR) is 102 cm³/mol. The molecule has 3 heterocycles. The van der Waals surface area contributed by atoms with E-state index >= 15 is 0 Å². The lowest BCUT2D eigenvalue weighted by Crippen LogP contribution is -2.24. The van der Waals surface area contributed by atoms with Gasteiger partial charge in [-0.15, -0.1) is 11.3 Å². The topological polar surface area (TPSA) is 66.1 Å². The Balaban J connectivity index is 1.86. The van der Waals surface area contributed by atoms with Crippen molar-refractivity contribution in [3.8, 4) is 0 Å². The standard InChI is InChI=1S/C19H17N3O3S/c1-11-5-4-6-12(7-11)10-22-18(23)16-13(9-20-22)17-14(21(16)2)8-15(26-17)19(24)25-3/h4-9H,10H2,1-3H3. The van der Waals surface area contributed by atoms with E-state index in [1.165, 1.54) is 23.1 Å². The first kappa shape index (κ1) is 16.5. The van der Waals surface area contributed by atoms with Crippen molar-refractivity contribution in [1.29, 1.82) is 0 Å². The highest BCUT2D eigenvalue weighted by atomic mass is 32.1. The summed E-state index contributed by atoms with van der Waals surface area (Å²) in [6.45, 7) is 2.44. The molecule has 0 bridgehead atoms. The van der Waals surface area contributed by atoms with Gasteiger partial charge in [0.2, 0.25) is 0 Å². The Labute approximate surface area is 153 Å². The van der Waals surface area contributed by atoms with E-state index in [1.54, 1.807) is 12.3 Å². The van der Waals surface area contributed by atoms with Crippen LogP contribution < -0.4 is 5.56 Å². The molecule has 0 radical (unpaired) electrons. The van der Waals surface area contributed by atoms with Gasteiger partial charge in [0.1, 0.15) is 10.4 Å². The fraction of sp³-hybridized carbons (Fsp3) is 0.211. The van der Waals surface area contributed by atoms with Crippen LogP contribution in [-0.4, -0.2) is 27.4 Å². The van der Waals surface area contributed by atoms with Gasteiger partial charge in [0.15, 0.2) is 0 Å². The Bertz CT molecular complexity index is 1220. The zero-order valence-corrected chi connectivity index (χ0v) is 15.5. The van der Waals surface area contributed by atoms with Crippen LogP contribution in [0.25, 0.3) is 21.1 Å². The summed E-state index contributed by atoms with van der Waals surface area (Å²) in [5.41, 5.74) is 3.45. The number of hydrogen-bond donors (Lipinski definition) is 0. The van der Waals surface area contributed by atoms with Crippen LogP contribution in [-0.2, 0) is 18.3 Å². The van der Waals surface area contributed by atoms with Gasteiger partial charge in [0.25, 0.3) is 5.56 Å². The van der Waals surface area contributed by atoms with Crippen molar-refractivity contribution in [2.75, 3.05) is 7.11 Å². The Morgan fingerprint density at radius 1 is 1.31 bits per heavy atom. The molecule has 26 heavy (non-hydrogen) atoms. The summed E-state index contributed by atoms with van der Waals surface area (Å²) in [5, 5.41) is 5.11. The van der Waals surface area contributed by atoms with Crippen LogP contribution in [0.1, 0.15) is 20.8 Å². The first-order valence-electron chi connectivity index (χ1n) is 8.11. The van der Waals surface area contributed by atoms with Gasteiger partial charge in [-0.1, -0.05) is 29.8 Å². The summed E-state index contributed by atoms with van der Waals surface area (Å²) in [5.74, 6) is -0.375. The van der Waals surface area contributed by atoms with Crippen LogP contribution in [0, 0.1) is 6.92 Å². The molecule has 3 aromatic heterocycles. The van der Waals surface area contributed by atoms with Crippen LogP contribution in [0.15, 0.2) is 41.3 Å². The second kappa shape index (κ2) is 6.10. The van der Waals surface area contributed by atoms with Crippen molar-refractivity contribution in [3.63, 3.8) is 0 Å². The first-order valence-corrected chi connectivity index (χ1v) is 8.93. The molecular formula is C19H17N3O3S. The zero-order chi connectivity index (χ0) is 18.4. The van der Waals surface area contributed by atoms with Crippen LogP contribution >= 0.6 is 11.3 Å². The van der Waals surface area contributed by atoms with Gasteiger partial charge < -0.3 is 9.30 Å². The Kier molecular flexibility index (Phi) is 3.88. The molecule has 4 aromatic rings. The predicted octanol–water partition coefficient (Wildman–Crippen LogP) is 3.09. The second-order valence-electron chi connectivity index (χ2n) is 6.23. The molecule has 6 nitrogen and oxygen atoms in total. The minimum absolute atomic E-state index is 0.144. The van der Waals surface area contributed by atoms with Gasteiger partial charge in [-0.25, -0.2) is 9.48 Å². The van der Waals surface area contributed by atoms with Gasteiger partial charge in [0, 0.05) is 12.4 Å². The quantitative estimate of drug-likeness (QED) is 0.522. The lowest BCUT2D eigenvalue weighted by molar-refractivity contribution is 0.0606. The van der Waals surface area contributed by atoms with E-state index in [0.717, 1.165) is 26.7 Å². The molecule has 0 spiro atoms. The number of esters is 1. The molecule has 0 aliphatic heterocycles. The van der Waals surface area contributed by atoms with Gasteiger partial charge in [-0.3, -0.25) is 4.79 Å². The van der Waals surface area contributed by atoms with Crippen molar-refractivity contribution in [1.82, 2.24) is 14.3 Å². The summed E-state index contributed by atoms with van der Waals surface area (Å²) in [6.07, 6.45) is 1.70. The molecular weight excluding hydrogens is 350 g/mol. The highest BCUT2D eigenvalue weighted by Gasteiger charge is 2.19. The van der Waals surface area contributed by atoms with Crippen molar-refractivity contribution in [2.24, 2.45) is 7.05 Å². The number of methoxy groups -OCH3 is 1. The molecule has 0 unspecified atom stereocenters. The SMILES string of the molecule is COC(=O)c1cc2c(s1)c1cnn(Cc3cccc(C)c3)c(=O)c1n2C. The third-order valence-electron chi connectivity index (χ3n) is 4.47. The minimum atomic E-state index is -0.375. The maximum Gasteiger partial charge on any atom is 0.348 e. The number of carbonyl (C=O) groups excluding carboxylic acids is 1.